The molecule has 0 spiro atoms. The molecule has 0 aromatic heterocycles. The van der Waals surface area contributed by atoms with Gasteiger partial charge in [0, 0.05) is 31.2 Å². The standard InChI is InChI=1S/C17H26N2O2/c1-17(2)13-19(11-15-12-20-8-9-21-15)16(10-18-17)14-6-4-3-5-7-14/h3-7,15-16,18H,8-13H2,1-2H3. The van der Waals surface area contributed by atoms with Crippen molar-refractivity contribution in [3.05, 3.63) is 35.9 Å². The molecule has 2 fully saturated rings. The number of hydrogen-bond donors (Lipinski definition) is 1. The third-order valence-electron chi connectivity index (χ3n) is 4.32. The Morgan fingerprint density at radius 2 is 2.05 bits per heavy atom. The van der Waals surface area contributed by atoms with Gasteiger partial charge >= 0.3 is 0 Å². The van der Waals surface area contributed by atoms with Crippen LogP contribution in [0.1, 0.15) is 25.5 Å². The van der Waals surface area contributed by atoms with E-state index < -0.39 is 0 Å². The van der Waals surface area contributed by atoms with Gasteiger partial charge in [-0.2, -0.15) is 0 Å². The van der Waals surface area contributed by atoms with Gasteiger partial charge in [0.25, 0.3) is 0 Å². The molecular weight excluding hydrogens is 264 g/mol. The fourth-order valence-electron chi connectivity index (χ4n) is 3.28. The number of hydrogen-bond acceptors (Lipinski definition) is 4. The van der Waals surface area contributed by atoms with Gasteiger partial charge in [-0.15, -0.1) is 0 Å². The minimum absolute atomic E-state index is 0.140. The summed E-state index contributed by atoms with van der Waals surface area (Å²) in [5.74, 6) is 0. The highest BCUT2D eigenvalue weighted by molar-refractivity contribution is 5.20. The van der Waals surface area contributed by atoms with Crippen molar-refractivity contribution in [3.8, 4) is 0 Å². The Kier molecular flexibility index (Phi) is 4.60. The Morgan fingerprint density at radius 1 is 1.24 bits per heavy atom. The first-order valence-electron chi connectivity index (χ1n) is 7.87. The number of nitrogens with one attached hydrogen (secondary N) is 1. The van der Waals surface area contributed by atoms with Crippen molar-refractivity contribution in [1.82, 2.24) is 10.2 Å². The van der Waals surface area contributed by atoms with Gasteiger partial charge in [-0.3, -0.25) is 4.90 Å². The number of benzene rings is 1. The second kappa shape index (κ2) is 6.44. The van der Waals surface area contributed by atoms with Gasteiger partial charge in [-0.25, -0.2) is 0 Å². The van der Waals surface area contributed by atoms with Gasteiger partial charge in [-0.05, 0) is 19.4 Å². The first-order chi connectivity index (χ1) is 10.1. The van der Waals surface area contributed by atoms with Gasteiger partial charge in [0.15, 0.2) is 0 Å². The molecule has 21 heavy (non-hydrogen) atoms. The summed E-state index contributed by atoms with van der Waals surface area (Å²) in [5, 5.41) is 3.66. The molecule has 0 radical (unpaired) electrons. The van der Waals surface area contributed by atoms with E-state index in [2.05, 4.69) is 54.4 Å². The van der Waals surface area contributed by atoms with E-state index in [0.717, 1.165) is 32.8 Å². The van der Waals surface area contributed by atoms with Crippen molar-refractivity contribution in [2.75, 3.05) is 39.5 Å². The van der Waals surface area contributed by atoms with E-state index in [-0.39, 0.29) is 11.6 Å². The molecule has 0 saturated carbocycles. The van der Waals surface area contributed by atoms with Crippen LogP contribution >= 0.6 is 0 Å². The predicted molar refractivity (Wildman–Crippen MR) is 83.4 cm³/mol. The Morgan fingerprint density at radius 3 is 2.76 bits per heavy atom. The fourth-order valence-corrected chi connectivity index (χ4v) is 3.28. The van der Waals surface area contributed by atoms with E-state index in [9.17, 15) is 0 Å². The molecule has 2 saturated heterocycles. The van der Waals surface area contributed by atoms with Crippen LogP contribution in [0.4, 0.5) is 0 Å². The average Bonchev–Trinajstić information content (AvgIpc) is 2.48. The van der Waals surface area contributed by atoms with E-state index in [1.807, 2.05) is 0 Å². The molecule has 1 aromatic rings. The van der Waals surface area contributed by atoms with Gasteiger partial charge in [0.05, 0.1) is 25.9 Å². The summed E-state index contributed by atoms with van der Waals surface area (Å²) >= 11 is 0. The zero-order valence-corrected chi connectivity index (χ0v) is 13.0. The van der Waals surface area contributed by atoms with E-state index >= 15 is 0 Å². The molecular formula is C17H26N2O2. The summed E-state index contributed by atoms with van der Waals surface area (Å²) in [6.45, 7) is 9.62. The average molecular weight is 290 g/mol. The quantitative estimate of drug-likeness (QED) is 0.921. The van der Waals surface area contributed by atoms with Crippen molar-refractivity contribution >= 4 is 0 Å². The molecule has 2 aliphatic rings. The predicted octanol–water partition coefficient (Wildman–Crippen LogP) is 1.83. The van der Waals surface area contributed by atoms with Crippen LogP contribution in [0, 0.1) is 0 Å². The summed E-state index contributed by atoms with van der Waals surface area (Å²) in [7, 11) is 0. The Labute approximate surface area is 127 Å². The highest BCUT2D eigenvalue weighted by Crippen LogP contribution is 2.27. The van der Waals surface area contributed by atoms with E-state index in [1.54, 1.807) is 0 Å². The number of piperazine rings is 1. The third-order valence-corrected chi connectivity index (χ3v) is 4.32. The third kappa shape index (κ3) is 3.83. The van der Waals surface area contributed by atoms with Gasteiger partial charge < -0.3 is 14.8 Å². The molecule has 3 rings (SSSR count). The van der Waals surface area contributed by atoms with Crippen LogP contribution in [0.3, 0.4) is 0 Å². The normalized spacial score (nSPS) is 30.2. The SMILES string of the molecule is CC1(C)CN(CC2COCCO2)C(c2ccccc2)CN1. The molecule has 1 aromatic carbocycles. The van der Waals surface area contributed by atoms with Crippen LogP contribution < -0.4 is 5.32 Å². The Bertz CT molecular complexity index is 443. The Balaban J connectivity index is 1.73. The Hall–Kier alpha value is -0.940. The summed E-state index contributed by atoms with van der Waals surface area (Å²) in [6, 6.07) is 11.2. The minimum Gasteiger partial charge on any atom is -0.376 e. The van der Waals surface area contributed by atoms with Crippen LogP contribution in [0.2, 0.25) is 0 Å². The number of ether oxygens (including phenoxy) is 2. The van der Waals surface area contributed by atoms with Crippen LogP contribution in [-0.2, 0) is 9.47 Å². The fraction of sp³-hybridized carbons (Fsp3) is 0.647. The zero-order chi connectivity index (χ0) is 14.7. The monoisotopic (exact) mass is 290 g/mol. The topological polar surface area (TPSA) is 33.7 Å². The smallest absolute Gasteiger partial charge is 0.0936 e. The number of nitrogens with zero attached hydrogens (tertiary/aromatic N) is 1. The molecule has 4 heteroatoms. The summed E-state index contributed by atoms with van der Waals surface area (Å²) in [4.78, 5) is 2.55. The van der Waals surface area contributed by atoms with E-state index in [0.29, 0.717) is 12.6 Å². The maximum absolute atomic E-state index is 5.85. The second-order valence-corrected chi connectivity index (χ2v) is 6.69. The lowest BCUT2D eigenvalue weighted by molar-refractivity contribution is -0.105. The largest absolute Gasteiger partial charge is 0.376 e. The summed E-state index contributed by atoms with van der Waals surface area (Å²) in [5.41, 5.74) is 1.51. The van der Waals surface area contributed by atoms with Crippen molar-refractivity contribution < 1.29 is 9.47 Å². The minimum atomic E-state index is 0.140. The highest BCUT2D eigenvalue weighted by atomic mass is 16.6. The van der Waals surface area contributed by atoms with Crippen molar-refractivity contribution in [2.24, 2.45) is 0 Å². The van der Waals surface area contributed by atoms with Crippen LogP contribution in [0.5, 0.6) is 0 Å². The first-order valence-corrected chi connectivity index (χ1v) is 7.87. The summed E-state index contributed by atoms with van der Waals surface area (Å²) < 4.78 is 11.4. The highest BCUT2D eigenvalue weighted by Gasteiger charge is 2.34. The van der Waals surface area contributed by atoms with E-state index in [1.165, 1.54) is 5.56 Å². The molecule has 116 valence electrons. The molecule has 0 amide bonds. The van der Waals surface area contributed by atoms with Crippen molar-refractivity contribution in [2.45, 2.75) is 31.5 Å². The molecule has 4 nitrogen and oxygen atoms in total. The second-order valence-electron chi connectivity index (χ2n) is 6.69. The lowest BCUT2D eigenvalue weighted by Gasteiger charge is -2.46. The first kappa shape index (κ1) is 15.0. The summed E-state index contributed by atoms with van der Waals surface area (Å²) in [6.07, 6.45) is 0.193. The molecule has 2 aliphatic heterocycles. The molecule has 0 bridgehead atoms. The number of rotatable bonds is 3. The van der Waals surface area contributed by atoms with Crippen LogP contribution in [0.15, 0.2) is 30.3 Å². The van der Waals surface area contributed by atoms with Gasteiger partial charge in [0.1, 0.15) is 0 Å². The molecule has 1 N–H and O–H groups in total. The maximum Gasteiger partial charge on any atom is 0.0936 e. The zero-order valence-electron chi connectivity index (χ0n) is 13.0. The van der Waals surface area contributed by atoms with Gasteiger partial charge in [-0.1, -0.05) is 30.3 Å². The molecule has 2 unspecified atom stereocenters. The van der Waals surface area contributed by atoms with Crippen LogP contribution in [-0.4, -0.2) is 56.0 Å². The van der Waals surface area contributed by atoms with Crippen LogP contribution in [0.25, 0.3) is 0 Å². The molecule has 2 atom stereocenters. The molecule has 2 heterocycles. The molecule has 0 aliphatic carbocycles. The lowest BCUT2D eigenvalue weighted by Crippen LogP contribution is -2.59. The van der Waals surface area contributed by atoms with Crippen molar-refractivity contribution in [1.29, 1.82) is 0 Å². The maximum atomic E-state index is 5.85. The van der Waals surface area contributed by atoms with Crippen molar-refractivity contribution in [3.63, 3.8) is 0 Å². The van der Waals surface area contributed by atoms with E-state index in [4.69, 9.17) is 9.47 Å². The van der Waals surface area contributed by atoms with Gasteiger partial charge in [0.2, 0.25) is 0 Å². The lowest BCUT2D eigenvalue weighted by atomic mass is 9.94.